The number of hydrogen-bond donors (Lipinski definition) is 2. The Kier molecular flexibility index (Phi) is 3.94. The highest BCUT2D eigenvalue weighted by Gasteiger charge is 2.35. The predicted octanol–water partition coefficient (Wildman–Crippen LogP) is 2.59. The molecule has 4 unspecified atom stereocenters. The van der Waals surface area contributed by atoms with Crippen LogP contribution in [0.2, 0.25) is 0 Å². The molecule has 2 aliphatic rings. The molecule has 2 nitrogen and oxygen atoms in total. The standard InChI is InChI=1S/C15H27NO/c1-15(2,3)8-14(17)10-16-9-13-7-11-4-5-12(13)6-11/h4-5,11-14,16-17H,6-10H2,1-3H3. The number of rotatable bonds is 5. The molecule has 2 bridgehead atoms. The van der Waals surface area contributed by atoms with Crippen LogP contribution in [0.4, 0.5) is 0 Å². The van der Waals surface area contributed by atoms with E-state index in [4.69, 9.17) is 0 Å². The van der Waals surface area contributed by atoms with Gasteiger partial charge in [0.05, 0.1) is 6.10 Å². The van der Waals surface area contributed by atoms with Gasteiger partial charge in [0.2, 0.25) is 0 Å². The Morgan fingerprint density at radius 1 is 1.29 bits per heavy atom. The summed E-state index contributed by atoms with van der Waals surface area (Å²) in [5.74, 6) is 2.48. The number of fused-ring (bicyclic) bond motifs is 2. The van der Waals surface area contributed by atoms with Crippen molar-refractivity contribution in [3.8, 4) is 0 Å². The van der Waals surface area contributed by atoms with Gasteiger partial charge in [-0.05, 0) is 49.0 Å². The first kappa shape index (κ1) is 13.1. The van der Waals surface area contributed by atoms with Crippen LogP contribution < -0.4 is 5.32 Å². The molecule has 2 aliphatic carbocycles. The molecule has 0 heterocycles. The zero-order chi connectivity index (χ0) is 12.5. The molecule has 0 spiro atoms. The maximum atomic E-state index is 9.91. The third-order valence-electron chi connectivity index (χ3n) is 4.05. The van der Waals surface area contributed by atoms with E-state index < -0.39 is 0 Å². The number of aliphatic hydroxyl groups excluding tert-OH is 1. The van der Waals surface area contributed by atoms with E-state index in [2.05, 4.69) is 38.2 Å². The van der Waals surface area contributed by atoms with Gasteiger partial charge in [0.25, 0.3) is 0 Å². The average Bonchev–Trinajstić information content (AvgIpc) is 2.75. The van der Waals surface area contributed by atoms with Crippen LogP contribution in [0.15, 0.2) is 12.2 Å². The third-order valence-corrected chi connectivity index (χ3v) is 4.05. The summed E-state index contributed by atoms with van der Waals surface area (Å²) in [6.45, 7) is 8.35. The van der Waals surface area contributed by atoms with E-state index in [0.29, 0.717) is 0 Å². The van der Waals surface area contributed by atoms with Crippen LogP contribution in [-0.2, 0) is 0 Å². The van der Waals surface area contributed by atoms with E-state index in [-0.39, 0.29) is 11.5 Å². The molecule has 0 saturated heterocycles. The van der Waals surface area contributed by atoms with E-state index in [0.717, 1.165) is 37.3 Å². The van der Waals surface area contributed by atoms with E-state index in [1.165, 1.54) is 12.8 Å². The number of aliphatic hydroxyl groups is 1. The molecule has 0 aromatic rings. The zero-order valence-electron chi connectivity index (χ0n) is 11.4. The molecule has 4 atom stereocenters. The van der Waals surface area contributed by atoms with Crippen molar-refractivity contribution >= 4 is 0 Å². The summed E-state index contributed by atoms with van der Waals surface area (Å²) >= 11 is 0. The van der Waals surface area contributed by atoms with Gasteiger partial charge in [-0.1, -0.05) is 32.9 Å². The van der Waals surface area contributed by atoms with E-state index >= 15 is 0 Å². The zero-order valence-corrected chi connectivity index (χ0v) is 11.4. The molecular formula is C15H27NO. The summed E-state index contributed by atoms with van der Waals surface area (Å²) in [6.07, 6.45) is 8.17. The lowest BCUT2D eigenvalue weighted by molar-refractivity contribution is 0.118. The number of hydrogen-bond acceptors (Lipinski definition) is 2. The van der Waals surface area contributed by atoms with Crippen molar-refractivity contribution in [1.29, 1.82) is 0 Å². The molecule has 1 saturated carbocycles. The van der Waals surface area contributed by atoms with Crippen molar-refractivity contribution in [2.45, 2.75) is 46.1 Å². The fourth-order valence-corrected chi connectivity index (χ4v) is 3.34. The predicted molar refractivity (Wildman–Crippen MR) is 71.8 cm³/mol. The van der Waals surface area contributed by atoms with E-state index in [1.807, 2.05) is 0 Å². The first-order valence-electron chi connectivity index (χ1n) is 7.01. The minimum atomic E-state index is -0.205. The topological polar surface area (TPSA) is 32.3 Å². The van der Waals surface area contributed by atoms with Gasteiger partial charge in [0, 0.05) is 6.54 Å². The quantitative estimate of drug-likeness (QED) is 0.720. The lowest BCUT2D eigenvalue weighted by Crippen LogP contribution is -2.34. The minimum Gasteiger partial charge on any atom is -0.392 e. The molecule has 2 heteroatoms. The van der Waals surface area contributed by atoms with Gasteiger partial charge in [0.1, 0.15) is 0 Å². The molecule has 2 N–H and O–H groups in total. The highest BCUT2D eigenvalue weighted by atomic mass is 16.3. The SMILES string of the molecule is CC(C)(C)CC(O)CNCC1CC2C=CC1C2. The van der Waals surface area contributed by atoms with Crippen molar-refractivity contribution in [3.63, 3.8) is 0 Å². The Hall–Kier alpha value is -0.340. The van der Waals surface area contributed by atoms with Crippen molar-refractivity contribution in [1.82, 2.24) is 5.32 Å². The van der Waals surface area contributed by atoms with Gasteiger partial charge in [-0.25, -0.2) is 0 Å². The normalized spacial score (nSPS) is 33.3. The number of allylic oxidation sites excluding steroid dienone is 2. The highest BCUT2D eigenvalue weighted by molar-refractivity contribution is 5.10. The van der Waals surface area contributed by atoms with E-state index in [1.54, 1.807) is 0 Å². The summed E-state index contributed by atoms with van der Waals surface area (Å²) in [5, 5.41) is 13.4. The minimum absolute atomic E-state index is 0.205. The summed E-state index contributed by atoms with van der Waals surface area (Å²) in [6, 6.07) is 0. The van der Waals surface area contributed by atoms with Crippen molar-refractivity contribution in [2.24, 2.45) is 23.2 Å². The molecule has 0 amide bonds. The van der Waals surface area contributed by atoms with Crippen LogP contribution in [0.1, 0.15) is 40.0 Å². The van der Waals surface area contributed by atoms with Gasteiger partial charge in [-0.2, -0.15) is 0 Å². The molecule has 0 aliphatic heterocycles. The third kappa shape index (κ3) is 3.82. The monoisotopic (exact) mass is 237 g/mol. The summed E-state index contributed by atoms with van der Waals surface area (Å²) in [4.78, 5) is 0. The highest BCUT2D eigenvalue weighted by Crippen LogP contribution is 2.42. The Morgan fingerprint density at radius 3 is 2.59 bits per heavy atom. The Labute approximate surface area is 105 Å². The molecule has 17 heavy (non-hydrogen) atoms. The fourth-order valence-electron chi connectivity index (χ4n) is 3.34. The molecule has 0 aromatic heterocycles. The first-order chi connectivity index (χ1) is 7.94. The Morgan fingerprint density at radius 2 is 2.06 bits per heavy atom. The maximum absolute atomic E-state index is 9.91. The average molecular weight is 237 g/mol. The van der Waals surface area contributed by atoms with Crippen LogP contribution in [-0.4, -0.2) is 24.3 Å². The smallest absolute Gasteiger partial charge is 0.0669 e. The lowest BCUT2D eigenvalue weighted by Gasteiger charge is -2.24. The lowest BCUT2D eigenvalue weighted by atomic mass is 9.89. The molecule has 0 radical (unpaired) electrons. The fraction of sp³-hybridized carbons (Fsp3) is 0.867. The molecule has 1 fully saturated rings. The van der Waals surface area contributed by atoms with Gasteiger partial charge >= 0.3 is 0 Å². The van der Waals surface area contributed by atoms with Gasteiger partial charge < -0.3 is 10.4 Å². The van der Waals surface area contributed by atoms with E-state index in [9.17, 15) is 5.11 Å². The Bertz CT molecular complexity index is 279. The van der Waals surface area contributed by atoms with Crippen molar-refractivity contribution in [2.75, 3.05) is 13.1 Å². The van der Waals surface area contributed by atoms with Crippen molar-refractivity contribution < 1.29 is 5.11 Å². The second-order valence-electron chi connectivity index (χ2n) is 7.12. The molecule has 0 aromatic carbocycles. The van der Waals surface area contributed by atoms with Gasteiger partial charge in [0.15, 0.2) is 0 Å². The van der Waals surface area contributed by atoms with Crippen LogP contribution in [0.5, 0.6) is 0 Å². The van der Waals surface area contributed by atoms with Crippen LogP contribution in [0.25, 0.3) is 0 Å². The molecule has 98 valence electrons. The summed E-state index contributed by atoms with van der Waals surface area (Å²) in [7, 11) is 0. The summed E-state index contributed by atoms with van der Waals surface area (Å²) in [5.41, 5.74) is 0.219. The molecule has 2 rings (SSSR count). The van der Waals surface area contributed by atoms with Crippen LogP contribution >= 0.6 is 0 Å². The van der Waals surface area contributed by atoms with Crippen LogP contribution in [0.3, 0.4) is 0 Å². The number of nitrogens with one attached hydrogen (secondary N) is 1. The second-order valence-corrected chi connectivity index (χ2v) is 7.12. The van der Waals surface area contributed by atoms with Crippen LogP contribution in [0, 0.1) is 23.2 Å². The summed E-state index contributed by atoms with van der Waals surface area (Å²) < 4.78 is 0. The van der Waals surface area contributed by atoms with Gasteiger partial charge in [-0.15, -0.1) is 0 Å². The Balaban J connectivity index is 1.62. The largest absolute Gasteiger partial charge is 0.392 e. The van der Waals surface area contributed by atoms with Gasteiger partial charge in [-0.3, -0.25) is 0 Å². The van der Waals surface area contributed by atoms with Crippen molar-refractivity contribution in [3.05, 3.63) is 12.2 Å². The second kappa shape index (κ2) is 5.11. The first-order valence-corrected chi connectivity index (χ1v) is 7.01. The molecular weight excluding hydrogens is 210 g/mol. The maximum Gasteiger partial charge on any atom is 0.0669 e.